The molecule has 1 amide bonds. The molecule has 1 aromatic carbocycles. The predicted octanol–water partition coefficient (Wildman–Crippen LogP) is 2.88. The second-order valence-corrected chi connectivity index (χ2v) is 7.98. The monoisotopic (exact) mass is 385 g/mol. The van der Waals surface area contributed by atoms with Gasteiger partial charge >= 0.3 is 6.09 Å². The Morgan fingerprint density at radius 3 is 2.46 bits per heavy atom. The van der Waals surface area contributed by atoms with Crippen LogP contribution in [-0.2, 0) is 11.8 Å². The molecule has 2 atom stereocenters. The average molecular weight is 385 g/mol. The lowest BCUT2D eigenvalue weighted by atomic mass is 9.97. The highest BCUT2D eigenvalue weighted by molar-refractivity contribution is 5.69. The molecule has 1 N–H and O–H groups in total. The van der Waals surface area contributed by atoms with Crippen molar-refractivity contribution in [1.82, 2.24) is 14.7 Å². The Kier molecular flexibility index (Phi) is 5.56. The number of rotatable bonds is 5. The summed E-state index contributed by atoms with van der Waals surface area (Å²) < 4.78 is 6.82. The van der Waals surface area contributed by atoms with Crippen molar-refractivity contribution in [2.24, 2.45) is 7.05 Å². The van der Waals surface area contributed by atoms with Gasteiger partial charge in [-0.1, -0.05) is 24.3 Å². The zero-order valence-corrected chi connectivity index (χ0v) is 16.8. The number of aryl methyl sites for hydroxylation is 1. The number of hydrogen-bond acceptors (Lipinski definition) is 5. The van der Waals surface area contributed by atoms with Crippen LogP contribution in [0.2, 0.25) is 0 Å². The number of hydrogen-bond donors (Lipinski definition) is 1. The second kappa shape index (κ2) is 7.75. The summed E-state index contributed by atoms with van der Waals surface area (Å²) in [5.41, 5.74) is 1.60. The van der Waals surface area contributed by atoms with E-state index in [0.29, 0.717) is 25.1 Å². The zero-order chi connectivity index (χ0) is 20.5. The minimum absolute atomic E-state index is 0.127. The van der Waals surface area contributed by atoms with Gasteiger partial charge in [-0.05, 0) is 32.4 Å². The van der Waals surface area contributed by atoms with Crippen LogP contribution in [0.25, 0.3) is 11.3 Å². The molecular weight excluding hydrogens is 358 g/mol. The molecule has 1 saturated heterocycles. The van der Waals surface area contributed by atoms with Crippen molar-refractivity contribution >= 4 is 6.09 Å². The third-order valence-electron chi connectivity index (χ3n) is 5.04. The van der Waals surface area contributed by atoms with Gasteiger partial charge in [0.25, 0.3) is 5.56 Å². The number of aliphatic hydroxyl groups is 1. The van der Waals surface area contributed by atoms with Crippen molar-refractivity contribution in [3.05, 3.63) is 52.3 Å². The van der Waals surface area contributed by atoms with Crippen LogP contribution in [0.3, 0.4) is 0 Å². The van der Waals surface area contributed by atoms with Crippen LogP contribution < -0.4 is 5.56 Å². The lowest BCUT2D eigenvalue weighted by molar-refractivity contribution is -0.0309. The zero-order valence-electron chi connectivity index (χ0n) is 16.8. The number of carbonyl (C=O) groups excluding carboxylic acids is 1. The molecule has 1 aliphatic heterocycles. The molecule has 0 saturated carbocycles. The summed E-state index contributed by atoms with van der Waals surface area (Å²) >= 11 is 0. The molecule has 1 aliphatic rings. The molecular formula is C21H27N3O4. The number of amides is 1. The Bertz CT molecular complexity index is 899. The van der Waals surface area contributed by atoms with Crippen molar-refractivity contribution in [3.8, 4) is 11.3 Å². The van der Waals surface area contributed by atoms with Crippen molar-refractivity contribution in [2.75, 3.05) is 6.54 Å². The summed E-state index contributed by atoms with van der Waals surface area (Å²) in [4.78, 5) is 25.6. The number of aromatic nitrogens is 2. The van der Waals surface area contributed by atoms with E-state index in [-0.39, 0.29) is 23.8 Å². The van der Waals surface area contributed by atoms with Gasteiger partial charge in [0.2, 0.25) is 0 Å². The lowest BCUT2D eigenvalue weighted by Crippen LogP contribution is -2.45. The maximum absolute atomic E-state index is 12.4. The van der Waals surface area contributed by atoms with Crippen molar-refractivity contribution in [3.63, 3.8) is 0 Å². The van der Waals surface area contributed by atoms with Crippen LogP contribution in [0.15, 0.2) is 41.2 Å². The molecule has 2 heterocycles. The molecule has 7 nitrogen and oxygen atoms in total. The third kappa shape index (κ3) is 4.59. The predicted molar refractivity (Wildman–Crippen MR) is 106 cm³/mol. The van der Waals surface area contributed by atoms with E-state index in [9.17, 15) is 14.7 Å². The Labute approximate surface area is 164 Å². The van der Waals surface area contributed by atoms with Gasteiger partial charge in [0.15, 0.2) is 0 Å². The Balaban J connectivity index is 1.69. The molecule has 0 spiro atoms. The topological polar surface area (TPSA) is 84.7 Å². The quantitative estimate of drug-likeness (QED) is 0.855. The largest absolute Gasteiger partial charge is 0.446 e. The first-order valence-corrected chi connectivity index (χ1v) is 9.48. The Hall–Kier alpha value is -2.67. The Morgan fingerprint density at radius 1 is 1.21 bits per heavy atom. The summed E-state index contributed by atoms with van der Waals surface area (Å²) in [6.07, 6.45) is 0.522. The van der Waals surface area contributed by atoms with Crippen LogP contribution in [0.4, 0.5) is 4.79 Å². The molecule has 7 heteroatoms. The normalized spacial score (nSPS) is 18.7. The Morgan fingerprint density at radius 2 is 1.89 bits per heavy atom. The first kappa shape index (κ1) is 20.1. The van der Waals surface area contributed by atoms with Gasteiger partial charge in [0.1, 0.15) is 6.10 Å². The van der Waals surface area contributed by atoms with E-state index in [1.165, 1.54) is 10.7 Å². The van der Waals surface area contributed by atoms with Crippen LogP contribution >= 0.6 is 0 Å². The van der Waals surface area contributed by atoms with Crippen LogP contribution in [-0.4, -0.2) is 44.1 Å². The van der Waals surface area contributed by atoms with E-state index in [0.717, 1.165) is 11.1 Å². The summed E-state index contributed by atoms with van der Waals surface area (Å²) in [6, 6.07) is 10.9. The maximum atomic E-state index is 12.4. The van der Waals surface area contributed by atoms with E-state index in [1.54, 1.807) is 31.9 Å². The third-order valence-corrected chi connectivity index (χ3v) is 5.04. The van der Waals surface area contributed by atoms with E-state index in [1.807, 2.05) is 31.2 Å². The number of ether oxygens (including phenoxy) is 1. The van der Waals surface area contributed by atoms with Crippen molar-refractivity contribution in [1.29, 1.82) is 0 Å². The molecule has 2 aromatic rings. The van der Waals surface area contributed by atoms with Crippen molar-refractivity contribution < 1.29 is 14.6 Å². The van der Waals surface area contributed by atoms with E-state index >= 15 is 0 Å². The highest BCUT2D eigenvalue weighted by Gasteiger charge is 2.33. The number of nitrogens with zero attached hydrogens (tertiary/aromatic N) is 3. The van der Waals surface area contributed by atoms with E-state index < -0.39 is 5.60 Å². The van der Waals surface area contributed by atoms with Crippen LogP contribution in [0.1, 0.15) is 45.2 Å². The maximum Gasteiger partial charge on any atom is 0.410 e. The molecule has 1 aromatic heterocycles. The molecule has 1 fully saturated rings. The van der Waals surface area contributed by atoms with E-state index in [4.69, 9.17) is 4.74 Å². The molecule has 28 heavy (non-hydrogen) atoms. The molecule has 3 rings (SSSR count). The molecule has 0 radical (unpaired) electrons. The number of carbonyl (C=O) groups is 1. The first-order valence-electron chi connectivity index (χ1n) is 9.48. The highest BCUT2D eigenvalue weighted by atomic mass is 16.6. The fourth-order valence-corrected chi connectivity index (χ4v) is 3.46. The van der Waals surface area contributed by atoms with Crippen LogP contribution in [0.5, 0.6) is 0 Å². The summed E-state index contributed by atoms with van der Waals surface area (Å²) in [6.45, 7) is 6.00. The van der Waals surface area contributed by atoms with Gasteiger partial charge in [0, 0.05) is 38.1 Å². The van der Waals surface area contributed by atoms with Crippen LogP contribution in [0, 0.1) is 0 Å². The SMILES string of the molecule is CC(c1ccc(-c2ccc(=O)n(C)n2)cc1)N1CCC(CC(C)(C)O)OC1=O. The molecule has 0 aliphatic carbocycles. The first-order chi connectivity index (χ1) is 13.1. The van der Waals surface area contributed by atoms with Gasteiger partial charge in [0.05, 0.1) is 17.3 Å². The molecule has 2 unspecified atom stereocenters. The van der Waals surface area contributed by atoms with Gasteiger partial charge in [-0.3, -0.25) is 4.79 Å². The molecule has 150 valence electrons. The number of cyclic esters (lactones) is 1. The van der Waals surface area contributed by atoms with Gasteiger partial charge in [-0.2, -0.15) is 5.10 Å². The van der Waals surface area contributed by atoms with Crippen molar-refractivity contribution in [2.45, 2.75) is 51.4 Å². The minimum Gasteiger partial charge on any atom is -0.446 e. The summed E-state index contributed by atoms with van der Waals surface area (Å²) in [7, 11) is 1.62. The lowest BCUT2D eigenvalue weighted by Gasteiger charge is -2.37. The summed E-state index contributed by atoms with van der Waals surface area (Å²) in [5, 5.41) is 14.2. The highest BCUT2D eigenvalue weighted by Crippen LogP contribution is 2.29. The number of benzene rings is 1. The smallest absolute Gasteiger partial charge is 0.410 e. The minimum atomic E-state index is -0.858. The molecule has 0 bridgehead atoms. The van der Waals surface area contributed by atoms with Gasteiger partial charge < -0.3 is 14.7 Å². The van der Waals surface area contributed by atoms with Gasteiger partial charge in [-0.15, -0.1) is 0 Å². The standard InChI is InChI=1S/C21H27N3O4/c1-14(24-12-11-17(28-20(24)26)13-21(2,3)27)15-5-7-16(8-6-15)18-9-10-19(25)23(4)22-18/h5-10,14,17,27H,11-13H2,1-4H3. The fourth-order valence-electron chi connectivity index (χ4n) is 3.46. The fraction of sp³-hybridized carbons (Fsp3) is 0.476. The van der Waals surface area contributed by atoms with Gasteiger partial charge in [-0.25, -0.2) is 9.48 Å². The van der Waals surface area contributed by atoms with E-state index in [2.05, 4.69) is 5.10 Å². The summed E-state index contributed by atoms with van der Waals surface area (Å²) in [5.74, 6) is 0. The average Bonchev–Trinajstić information content (AvgIpc) is 2.62. The second-order valence-electron chi connectivity index (χ2n) is 7.98.